The Morgan fingerprint density at radius 1 is 1.22 bits per heavy atom. The molecule has 0 unspecified atom stereocenters. The first-order chi connectivity index (χ1) is 13.2. The second-order valence-corrected chi connectivity index (χ2v) is 7.14. The molecule has 0 aliphatic rings. The van der Waals surface area contributed by atoms with Gasteiger partial charge in [0, 0.05) is 16.8 Å². The largest absolute Gasteiger partial charge is 0.495 e. The van der Waals surface area contributed by atoms with Crippen LogP contribution in [0.25, 0.3) is 21.6 Å². The van der Waals surface area contributed by atoms with Crippen molar-refractivity contribution in [2.45, 2.75) is 6.54 Å². The average molecular weight is 399 g/mol. The fourth-order valence-electron chi connectivity index (χ4n) is 2.68. The highest BCUT2D eigenvalue weighted by Gasteiger charge is 2.15. The first kappa shape index (κ1) is 17.5. The molecule has 0 saturated heterocycles. The van der Waals surface area contributed by atoms with Crippen LogP contribution >= 0.6 is 22.9 Å². The highest BCUT2D eigenvalue weighted by molar-refractivity contribution is 7.17. The lowest BCUT2D eigenvalue weighted by molar-refractivity contribution is 0.413. The highest BCUT2D eigenvalue weighted by atomic mass is 35.5. The maximum absolute atomic E-state index is 13.0. The van der Waals surface area contributed by atoms with Crippen molar-refractivity contribution >= 4 is 33.2 Å². The quantitative estimate of drug-likeness (QED) is 0.551. The minimum atomic E-state index is -0.151. The summed E-state index contributed by atoms with van der Waals surface area (Å²) in [5.41, 5.74) is 5.36. The van der Waals surface area contributed by atoms with Gasteiger partial charge in [0.25, 0.3) is 5.56 Å². The summed E-state index contributed by atoms with van der Waals surface area (Å²) in [5, 5.41) is 2.52. The number of hydrogen-bond acceptors (Lipinski definition) is 6. The van der Waals surface area contributed by atoms with E-state index in [9.17, 15) is 4.79 Å². The molecule has 3 aromatic heterocycles. The number of thiophene rings is 1. The van der Waals surface area contributed by atoms with Gasteiger partial charge in [-0.05, 0) is 35.2 Å². The third kappa shape index (κ3) is 3.51. The highest BCUT2D eigenvalue weighted by Crippen LogP contribution is 2.23. The van der Waals surface area contributed by atoms with Gasteiger partial charge in [-0.2, -0.15) is 0 Å². The number of methoxy groups -OCH3 is 1. The predicted octanol–water partition coefficient (Wildman–Crippen LogP) is 3.93. The molecule has 8 heteroatoms. The molecular weight excluding hydrogens is 384 g/mol. The van der Waals surface area contributed by atoms with E-state index in [1.165, 1.54) is 16.0 Å². The van der Waals surface area contributed by atoms with E-state index in [4.69, 9.17) is 16.3 Å². The Kier molecular flexibility index (Phi) is 4.79. The first-order valence-corrected chi connectivity index (χ1v) is 9.39. The van der Waals surface area contributed by atoms with Crippen molar-refractivity contribution in [2.24, 2.45) is 0 Å². The van der Waals surface area contributed by atoms with Crippen LogP contribution in [0.15, 0.2) is 59.0 Å². The van der Waals surface area contributed by atoms with Gasteiger partial charge in [-0.25, -0.2) is 9.66 Å². The molecule has 3 heterocycles. The molecular formula is C19H15ClN4O2S. The Morgan fingerprint density at radius 2 is 2.04 bits per heavy atom. The Morgan fingerprint density at radius 3 is 2.81 bits per heavy atom. The topological polar surface area (TPSA) is 69.0 Å². The standard InChI is InChI=1S/C19H15ClN4O2S/c1-26-15-8-13(10-21-11-15)18-23-16-6-7-27-17(16)19(25)24(18)22-9-12-2-4-14(20)5-3-12/h2-8,10-11,22H,9H2,1H3. The molecule has 136 valence electrons. The summed E-state index contributed by atoms with van der Waals surface area (Å²) in [6, 6.07) is 11.1. The summed E-state index contributed by atoms with van der Waals surface area (Å²) in [6.45, 7) is 0.444. The second kappa shape index (κ2) is 7.38. The van der Waals surface area contributed by atoms with Crippen LogP contribution in [0.5, 0.6) is 5.75 Å². The molecule has 0 amide bonds. The van der Waals surface area contributed by atoms with Crippen LogP contribution < -0.4 is 15.7 Å². The monoisotopic (exact) mass is 398 g/mol. The van der Waals surface area contributed by atoms with Crippen LogP contribution in [-0.2, 0) is 6.54 Å². The lowest BCUT2D eigenvalue weighted by atomic mass is 10.2. The number of nitrogens with one attached hydrogen (secondary N) is 1. The van der Waals surface area contributed by atoms with Crippen LogP contribution in [0.2, 0.25) is 5.02 Å². The molecule has 6 nitrogen and oxygen atoms in total. The number of pyridine rings is 1. The van der Waals surface area contributed by atoms with E-state index in [0.29, 0.717) is 38.9 Å². The second-order valence-electron chi connectivity index (χ2n) is 5.79. The van der Waals surface area contributed by atoms with E-state index in [1.807, 2.05) is 35.7 Å². The summed E-state index contributed by atoms with van der Waals surface area (Å²) in [5.74, 6) is 1.07. The Labute approximate surface area is 164 Å². The van der Waals surface area contributed by atoms with Crippen molar-refractivity contribution in [2.75, 3.05) is 12.5 Å². The lowest BCUT2D eigenvalue weighted by Gasteiger charge is -2.15. The van der Waals surface area contributed by atoms with Crippen molar-refractivity contribution in [3.63, 3.8) is 0 Å². The van der Waals surface area contributed by atoms with Gasteiger partial charge in [0.2, 0.25) is 0 Å². The number of fused-ring (bicyclic) bond motifs is 1. The summed E-state index contributed by atoms with van der Waals surface area (Å²) in [4.78, 5) is 21.9. The van der Waals surface area contributed by atoms with Gasteiger partial charge in [0.1, 0.15) is 10.4 Å². The molecule has 0 bridgehead atoms. The van der Waals surface area contributed by atoms with E-state index < -0.39 is 0 Å². The van der Waals surface area contributed by atoms with E-state index in [0.717, 1.165) is 5.56 Å². The van der Waals surface area contributed by atoms with Gasteiger partial charge in [0.05, 0.1) is 25.4 Å². The predicted molar refractivity (Wildman–Crippen MR) is 108 cm³/mol. The molecule has 0 fully saturated rings. The Bertz CT molecular complexity index is 1150. The zero-order valence-electron chi connectivity index (χ0n) is 14.3. The number of aromatic nitrogens is 3. The van der Waals surface area contributed by atoms with E-state index in [1.54, 1.807) is 25.6 Å². The Balaban J connectivity index is 1.80. The minimum absolute atomic E-state index is 0.151. The molecule has 4 rings (SSSR count). The maximum atomic E-state index is 13.0. The number of benzene rings is 1. The van der Waals surface area contributed by atoms with Crippen molar-refractivity contribution in [1.82, 2.24) is 14.6 Å². The number of ether oxygens (including phenoxy) is 1. The van der Waals surface area contributed by atoms with Gasteiger partial charge < -0.3 is 10.2 Å². The normalized spacial score (nSPS) is 10.9. The van der Waals surface area contributed by atoms with Crippen LogP contribution in [0.1, 0.15) is 5.56 Å². The number of hydrogen-bond donors (Lipinski definition) is 1. The first-order valence-electron chi connectivity index (χ1n) is 8.13. The van der Waals surface area contributed by atoms with Crippen molar-refractivity contribution in [1.29, 1.82) is 0 Å². The maximum Gasteiger partial charge on any atom is 0.290 e. The van der Waals surface area contributed by atoms with Crippen molar-refractivity contribution in [3.8, 4) is 17.1 Å². The number of rotatable bonds is 5. The lowest BCUT2D eigenvalue weighted by Crippen LogP contribution is -2.30. The number of halogens is 1. The fraction of sp³-hybridized carbons (Fsp3) is 0.105. The SMILES string of the molecule is COc1cncc(-c2nc3ccsc3c(=O)n2NCc2ccc(Cl)cc2)c1. The third-order valence-corrected chi connectivity index (χ3v) is 5.19. The van der Waals surface area contributed by atoms with Crippen molar-refractivity contribution < 1.29 is 4.74 Å². The van der Waals surface area contributed by atoms with Crippen LogP contribution in [0.4, 0.5) is 0 Å². The molecule has 1 N–H and O–H groups in total. The van der Waals surface area contributed by atoms with Gasteiger partial charge in [-0.1, -0.05) is 23.7 Å². The molecule has 0 aliphatic heterocycles. The average Bonchev–Trinajstić information content (AvgIpc) is 3.17. The summed E-state index contributed by atoms with van der Waals surface area (Å²) < 4.78 is 7.31. The minimum Gasteiger partial charge on any atom is -0.495 e. The molecule has 27 heavy (non-hydrogen) atoms. The fourth-order valence-corrected chi connectivity index (χ4v) is 3.56. The van der Waals surface area contributed by atoms with Gasteiger partial charge in [-0.3, -0.25) is 9.78 Å². The molecule has 0 atom stereocenters. The van der Waals surface area contributed by atoms with E-state index in [-0.39, 0.29) is 5.56 Å². The molecule has 0 spiro atoms. The zero-order chi connectivity index (χ0) is 18.8. The summed E-state index contributed by atoms with van der Waals surface area (Å²) >= 11 is 7.31. The van der Waals surface area contributed by atoms with Crippen LogP contribution in [0.3, 0.4) is 0 Å². The van der Waals surface area contributed by atoms with E-state index >= 15 is 0 Å². The van der Waals surface area contributed by atoms with Gasteiger partial charge in [0.15, 0.2) is 5.82 Å². The number of nitrogens with zero attached hydrogens (tertiary/aromatic N) is 3. The van der Waals surface area contributed by atoms with Crippen LogP contribution in [-0.4, -0.2) is 21.8 Å². The smallest absolute Gasteiger partial charge is 0.290 e. The molecule has 1 aromatic carbocycles. The third-order valence-electron chi connectivity index (χ3n) is 4.04. The zero-order valence-corrected chi connectivity index (χ0v) is 15.9. The van der Waals surface area contributed by atoms with Gasteiger partial charge >= 0.3 is 0 Å². The summed E-state index contributed by atoms with van der Waals surface area (Å²) in [6.07, 6.45) is 3.26. The molecule has 0 radical (unpaired) electrons. The molecule has 0 saturated carbocycles. The van der Waals surface area contributed by atoms with E-state index in [2.05, 4.69) is 15.4 Å². The van der Waals surface area contributed by atoms with Crippen molar-refractivity contribution in [3.05, 3.63) is 75.1 Å². The molecule has 4 aromatic rings. The summed E-state index contributed by atoms with van der Waals surface area (Å²) in [7, 11) is 1.57. The van der Waals surface area contributed by atoms with Crippen LogP contribution in [0, 0.1) is 0 Å². The molecule has 0 aliphatic carbocycles. The Hall–Kier alpha value is -2.90. The van der Waals surface area contributed by atoms with Gasteiger partial charge in [-0.15, -0.1) is 11.3 Å².